The summed E-state index contributed by atoms with van der Waals surface area (Å²) in [5.41, 5.74) is 3.06. The van der Waals surface area contributed by atoms with Crippen LogP contribution in [-0.4, -0.2) is 45.7 Å². The molecular formula is C12H17ClN6O2. The Morgan fingerprint density at radius 2 is 2.33 bits per heavy atom. The van der Waals surface area contributed by atoms with E-state index < -0.39 is 5.03 Å². The lowest BCUT2D eigenvalue weighted by Gasteiger charge is -2.34. The molecule has 0 radical (unpaired) electrons. The molecule has 114 valence electrons. The Labute approximate surface area is 127 Å². The van der Waals surface area contributed by atoms with Gasteiger partial charge in [-0.15, -0.1) is 0 Å². The lowest BCUT2D eigenvalue weighted by atomic mass is 10.2. The summed E-state index contributed by atoms with van der Waals surface area (Å²) in [5, 5.41) is 10.5. The number of nitro groups is 1. The number of guanidine groups is 1. The molecule has 0 amide bonds. The summed E-state index contributed by atoms with van der Waals surface area (Å²) in [5.74, 6) is 0.266. The molecule has 9 heteroatoms. The highest BCUT2D eigenvalue weighted by molar-refractivity contribution is 6.29. The van der Waals surface area contributed by atoms with E-state index in [2.05, 4.69) is 27.2 Å². The highest BCUT2D eigenvalue weighted by Gasteiger charge is 2.23. The zero-order valence-electron chi connectivity index (χ0n) is 11.7. The molecule has 1 N–H and O–H groups in total. The molecule has 0 aromatic carbocycles. The molecule has 0 fully saturated rings. The van der Waals surface area contributed by atoms with Crippen molar-refractivity contribution in [1.82, 2.24) is 20.2 Å². The van der Waals surface area contributed by atoms with E-state index in [1.807, 2.05) is 11.0 Å². The molecule has 2 heterocycles. The van der Waals surface area contributed by atoms with Crippen LogP contribution in [0.3, 0.4) is 0 Å². The Bertz CT molecular complexity index is 521. The molecule has 1 aromatic rings. The molecule has 8 nitrogen and oxygen atoms in total. The molecular weight excluding hydrogens is 296 g/mol. The van der Waals surface area contributed by atoms with Crippen LogP contribution in [0.15, 0.2) is 23.3 Å². The normalized spacial score (nSPS) is 15.7. The third-order valence-electron chi connectivity index (χ3n) is 2.98. The summed E-state index contributed by atoms with van der Waals surface area (Å²) in [7, 11) is 0. The molecule has 1 aliphatic rings. The molecule has 21 heavy (non-hydrogen) atoms. The van der Waals surface area contributed by atoms with Crippen molar-refractivity contribution < 1.29 is 5.03 Å². The SMILES string of the molecule is CCCN1CN=C(N[N+](=O)[O-])N(Cc2ccc(Cl)nc2)C1. The van der Waals surface area contributed by atoms with Gasteiger partial charge in [-0.25, -0.2) is 20.1 Å². The van der Waals surface area contributed by atoms with Crippen LogP contribution in [0, 0.1) is 10.1 Å². The minimum Gasteiger partial charge on any atom is -0.321 e. The first-order chi connectivity index (χ1) is 10.1. The topological polar surface area (TPSA) is 86.9 Å². The Hall–Kier alpha value is -1.93. The van der Waals surface area contributed by atoms with Gasteiger partial charge in [-0.1, -0.05) is 30.0 Å². The van der Waals surface area contributed by atoms with E-state index in [0.717, 1.165) is 18.5 Å². The van der Waals surface area contributed by atoms with Crippen molar-refractivity contribution in [2.75, 3.05) is 19.9 Å². The number of halogens is 1. The molecule has 0 aliphatic carbocycles. The highest BCUT2D eigenvalue weighted by atomic mass is 35.5. The number of pyridine rings is 1. The average Bonchev–Trinajstić information content (AvgIpc) is 2.44. The van der Waals surface area contributed by atoms with Crippen LogP contribution in [0.2, 0.25) is 5.15 Å². The minimum atomic E-state index is -0.596. The van der Waals surface area contributed by atoms with E-state index in [-0.39, 0.29) is 5.96 Å². The van der Waals surface area contributed by atoms with Crippen LogP contribution in [0.25, 0.3) is 0 Å². The third kappa shape index (κ3) is 4.54. The molecule has 0 spiro atoms. The first-order valence-corrected chi connectivity index (χ1v) is 6.99. The van der Waals surface area contributed by atoms with Gasteiger partial charge in [0.25, 0.3) is 5.96 Å². The van der Waals surface area contributed by atoms with Crippen LogP contribution in [-0.2, 0) is 6.54 Å². The van der Waals surface area contributed by atoms with Gasteiger partial charge in [-0.2, -0.15) is 0 Å². The fourth-order valence-corrected chi connectivity index (χ4v) is 2.22. The number of aliphatic imine (C=N–C) groups is 1. The summed E-state index contributed by atoms with van der Waals surface area (Å²) in [6, 6.07) is 3.54. The van der Waals surface area contributed by atoms with E-state index in [1.54, 1.807) is 12.3 Å². The second-order valence-corrected chi connectivity index (χ2v) is 5.10. The van der Waals surface area contributed by atoms with Gasteiger partial charge in [0.05, 0.1) is 13.3 Å². The van der Waals surface area contributed by atoms with Crippen molar-refractivity contribution in [1.29, 1.82) is 0 Å². The van der Waals surface area contributed by atoms with Gasteiger partial charge >= 0.3 is 0 Å². The third-order valence-corrected chi connectivity index (χ3v) is 3.21. The van der Waals surface area contributed by atoms with Crippen molar-refractivity contribution in [2.45, 2.75) is 19.9 Å². The second kappa shape index (κ2) is 7.19. The number of nitrogens with zero attached hydrogens (tertiary/aromatic N) is 5. The Morgan fingerprint density at radius 1 is 1.52 bits per heavy atom. The van der Waals surface area contributed by atoms with Crippen molar-refractivity contribution in [2.24, 2.45) is 4.99 Å². The van der Waals surface area contributed by atoms with Gasteiger partial charge in [-0.3, -0.25) is 4.90 Å². The first-order valence-electron chi connectivity index (χ1n) is 6.61. The maximum atomic E-state index is 10.7. The maximum Gasteiger partial charge on any atom is 0.259 e. The Morgan fingerprint density at radius 3 is 2.95 bits per heavy atom. The van der Waals surface area contributed by atoms with E-state index in [4.69, 9.17) is 11.6 Å². The van der Waals surface area contributed by atoms with E-state index in [1.165, 1.54) is 0 Å². The van der Waals surface area contributed by atoms with Gasteiger partial charge in [0, 0.05) is 19.3 Å². The molecule has 2 rings (SSSR count). The van der Waals surface area contributed by atoms with Crippen molar-refractivity contribution in [3.8, 4) is 0 Å². The number of rotatable bonds is 5. The number of hydrogen-bond acceptors (Lipinski definition) is 6. The zero-order chi connectivity index (χ0) is 15.2. The summed E-state index contributed by atoms with van der Waals surface area (Å²) >= 11 is 5.76. The number of nitrogens with one attached hydrogen (secondary N) is 1. The van der Waals surface area contributed by atoms with Crippen LogP contribution < -0.4 is 5.43 Å². The van der Waals surface area contributed by atoms with E-state index in [0.29, 0.717) is 25.0 Å². The predicted octanol–water partition coefficient (Wildman–Crippen LogP) is 1.31. The fraction of sp³-hybridized carbons (Fsp3) is 0.500. The second-order valence-electron chi connectivity index (χ2n) is 4.72. The van der Waals surface area contributed by atoms with Gasteiger partial charge < -0.3 is 4.90 Å². The quantitative estimate of drug-likeness (QED) is 0.501. The first kappa shape index (κ1) is 15.5. The lowest BCUT2D eigenvalue weighted by Crippen LogP contribution is -2.52. The number of hydrazine groups is 1. The summed E-state index contributed by atoms with van der Waals surface area (Å²) in [6.45, 7) is 4.49. The van der Waals surface area contributed by atoms with E-state index in [9.17, 15) is 10.1 Å². The average molecular weight is 313 g/mol. The van der Waals surface area contributed by atoms with E-state index >= 15 is 0 Å². The molecule has 0 atom stereocenters. The van der Waals surface area contributed by atoms with Crippen molar-refractivity contribution >= 4 is 17.6 Å². The van der Waals surface area contributed by atoms with Crippen LogP contribution >= 0.6 is 11.6 Å². The Balaban J connectivity index is 2.10. The molecule has 1 aliphatic heterocycles. The monoisotopic (exact) mass is 312 g/mol. The largest absolute Gasteiger partial charge is 0.321 e. The van der Waals surface area contributed by atoms with Gasteiger partial charge in [-0.05, 0) is 18.1 Å². The van der Waals surface area contributed by atoms with Crippen molar-refractivity contribution in [3.63, 3.8) is 0 Å². The van der Waals surface area contributed by atoms with Crippen LogP contribution in [0.1, 0.15) is 18.9 Å². The fourth-order valence-electron chi connectivity index (χ4n) is 2.11. The molecule has 1 aromatic heterocycles. The summed E-state index contributed by atoms with van der Waals surface area (Å²) in [6.07, 6.45) is 2.66. The molecule has 0 bridgehead atoms. The summed E-state index contributed by atoms with van der Waals surface area (Å²) < 4.78 is 0. The molecule has 0 saturated heterocycles. The minimum absolute atomic E-state index is 0.266. The van der Waals surface area contributed by atoms with Crippen LogP contribution in [0.5, 0.6) is 0 Å². The lowest BCUT2D eigenvalue weighted by molar-refractivity contribution is -0.526. The van der Waals surface area contributed by atoms with Crippen molar-refractivity contribution in [3.05, 3.63) is 39.2 Å². The van der Waals surface area contributed by atoms with Gasteiger partial charge in [0.15, 0.2) is 5.03 Å². The summed E-state index contributed by atoms with van der Waals surface area (Å²) in [4.78, 5) is 22.8. The Kier molecular flexibility index (Phi) is 5.29. The zero-order valence-corrected chi connectivity index (χ0v) is 12.5. The smallest absolute Gasteiger partial charge is 0.259 e. The van der Waals surface area contributed by atoms with Gasteiger partial charge in [0.2, 0.25) is 0 Å². The maximum absolute atomic E-state index is 10.7. The molecule has 0 saturated carbocycles. The molecule has 0 unspecified atom stereocenters. The van der Waals surface area contributed by atoms with Gasteiger partial charge in [0.1, 0.15) is 5.15 Å². The predicted molar refractivity (Wildman–Crippen MR) is 79.1 cm³/mol. The number of hydrogen-bond donors (Lipinski definition) is 1. The highest BCUT2D eigenvalue weighted by Crippen LogP contribution is 2.11. The number of aromatic nitrogens is 1. The standard InChI is InChI=1S/C12H17ClN6O2/c1-2-5-17-8-15-12(16-19(20)21)18(9-17)7-10-3-4-11(13)14-6-10/h3-4,6H,2,5,7-9H2,1H3,(H,15,16). The van der Waals surface area contributed by atoms with Crippen LogP contribution in [0.4, 0.5) is 0 Å².